The summed E-state index contributed by atoms with van der Waals surface area (Å²) in [7, 11) is 0. The molecule has 0 unspecified atom stereocenters. The van der Waals surface area contributed by atoms with Crippen molar-refractivity contribution < 1.29 is 9.59 Å². The summed E-state index contributed by atoms with van der Waals surface area (Å²) in [5, 5.41) is 0. The van der Waals surface area contributed by atoms with Gasteiger partial charge in [-0.1, -0.05) is 60.7 Å². The van der Waals surface area contributed by atoms with Gasteiger partial charge in [-0.3, -0.25) is 9.59 Å². The summed E-state index contributed by atoms with van der Waals surface area (Å²) in [6.45, 7) is 0.419. The van der Waals surface area contributed by atoms with Crippen molar-refractivity contribution in [3.8, 4) is 0 Å². The van der Waals surface area contributed by atoms with Crippen LogP contribution < -0.4 is 0 Å². The smallest absolute Gasteiger partial charge is 0.275 e. The highest BCUT2D eigenvalue weighted by Gasteiger charge is 2.44. The summed E-state index contributed by atoms with van der Waals surface area (Å²) in [5.74, 6) is -0.236. The van der Waals surface area contributed by atoms with Gasteiger partial charge in [-0.2, -0.15) is 0 Å². The molecule has 0 fully saturated rings. The molecule has 2 aromatic rings. The molecule has 1 heterocycles. The lowest BCUT2D eigenvalue weighted by Crippen LogP contribution is -2.44. The van der Waals surface area contributed by atoms with Crippen LogP contribution in [0.25, 0.3) is 0 Å². The molecule has 4 nitrogen and oxygen atoms in total. The third kappa shape index (κ3) is 2.72. The van der Waals surface area contributed by atoms with E-state index in [0.29, 0.717) is 12.3 Å². The first-order chi connectivity index (χ1) is 12.2. The number of hydrogen-bond donors (Lipinski definition) is 0. The highest BCUT2D eigenvalue weighted by atomic mass is 16.2. The summed E-state index contributed by atoms with van der Waals surface area (Å²) < 4.78 is 0. The fourth-order valence-electron chi connectivity index (χ4n) is 3.10. The Balaban J connectivity index is 1.77. The quantitative estimate of drug-likeness (QED) is 0.870. The van der Waals surface area contributed by atoms with Gasteiger partial charge in [-0.25, -0.2) is 4.99 Å². The second-order valence-corrected chi connectivity index (χ2v) is 6.06. The zero-order chi connectivity index (χ0) is 17.3. The predicted octanol–water partition coefficient (Wildman–Crippen LogP) is 2.91. The van der Waals surface area contributed by atoms with Crippen LogP contribution in [0.2, 0.25) is 0 Å². The zero-order valence-electron chi connectivity index (χ0n) is 13.5. The SMILES string of the molecule is O=C1C=CC2(C=C1)N=C(c1ccccc1)C(=O)N2Cc1ccccc1. The molecule has 2 aromatic carbocycles. The molecule has 1 spiro atoms. The maximum Gasteiger partial charge on any atom is 0.275 e. The van der Waals surface area contributed by atoms with Crippen molar-refractivity contribution in [3.63, 3.8) is 0 Å². The van der Waals surface area contributed by atoms with Crippen LogP contribution in [-0.4, -0.2) is 28.0 Å². The van der Waals surface area contributed by atoms with E-state index in [4.69, 9.17) is 4.99 Å². The number of ketones is 1. The molecule has 2 aliphatic rings. The van der Waals surface area contributed by atoms with E-state index in [2.05, 4.69) is 0 Å². The van der Waals surface area contributed by atoms with Gasteiger partial charge in [0.25, 0.3) is 5.91 Å². The van der Waals surface area contributed by atoms with E-state index in [1.54, 1.807) is 17.1 Å². The van der Waals surface area contributed by atoms with E-state index in [1.807, 2.05) is 60.7 Å². The van der Waals surface area contributed by atoms with E-state index < -0.39 is 5.66 Å². The number of carbonyl (C=O) groups is 2. The Morgan fingerprint density at radius 1 is 0.840 bits per heavy atom. The molecule has 4 heteroatoms. The molecule has 122 valence electrons. The molecule has 0 bridgehead atoms. The molecule has 1 amide bonds. The van der Waals surface area contributed by atoms with Gasteiger partial charge >= 0.3 is 0 Å². The summed E-state index contributed by atoms with van der Waals surface area (Å²) in [5.41, 5.74) is 1.27. The number of amides is 1. The van der Waals surface area contributed by atoms with Crippen molar-refractivity contribution in [2.45, 2.75) is 12.2 Å². The average molecular weight is 328 g/mol. The molecule has 0 aromatic heterocycles. The highest BCUT2D eigenvalue weighted by molar-refractivity contribution is 6.47. The van der Waals surface area contributed by atoms with Gasteiger partial charge in [0.1, 0.15) is 5.71 Å². The summed E-state index contributed by atoms with van der Waals surface area (Å²) in [6, 6.07) is 19.2. The number of carbonyl (C=O) groups excluding carboxylic acids is 2. The van der Waals surface area contributed by atoms with Crippen LogP contribution in [0.15, 0.2) is 90.0 Å². The number of rotatable bonds is 3. The molecular weight excluding hydrogens is 312 g/mol. The molecule has 0 radical (unpaired) electrons. The second kappa shape index (κ2) is 5.98. The van der Waals surface area contributed by atoms with Crippen LogP contribution in [0.5, 0.6) is 0 Å². The van der Waals surface area contributed by atoms with Crippen molar-refractivity contribution in [2.75, 3.05) is 0 Å². The monoisotopic (exact) mass is 328 g/mol. The third-order valence-corrected chi connectivity index (χ3v) is 4.39. The van der Waals surface area contributed by atoms with Crippen LogP contribution >= 0.6 is 0 Å². The molecule has 0 saturated heterocycles. The van der Waals surface area contributed by atoms with Gasteiger partial charge in [-0.05, 0) is 29.9 Å². The predicted molar refractivity (Wildman–Crippen MR) is 96.0 cm³/mol. The first-order valence-corrected chi connectivity index (χ1v) is 8.12. The van der Waals surface area contributed by atoms with E-state index in [1.165, 1.54) is 12.2 Å². The fourth-order valence-corrected chi connectivity index (χ4v) is 3.10. The number of hydrogen-bond acceptors (Lipinski definition) is 3. The van der Waals surface area contributed by atoms with Crippen LogP contribution in [-0.2, 0) is 16.1 Å². The Bertz CT molecular complexity index is 895. The van der Waals surface area contributed by atoms with Crippen LogP contribution in [0, 0.1) is 0 Å². The molecule has 1 aliphatic carbocycles. The van der Waals surface area contributed by atoms with Crippen LogP contribution in [0.1, 0.15) is 11.1 Å². The highest BCUT2D eigenvalue weighted by Crippen LogP contribution is 2.33. The minimum Gasteiger partial charge on any atom is -0.301 e. The minimum atomic E-state index is -0.938. The van der Waals surface area contributed by atoms with E-state index >= 15 is 0 Å². The van der Waals surface area contributed by atoms with Crippen LogP contribution in [0.4, 0.5) is 0 Å². The van der Waals surface area contributed by atoms with E-state index in [0.717, 1.165) is 11.1 Å². The summed E-state index contributed by atoms with van der Waals surface area (Å²) >= 11 is 0. The van der Waals surface area contributed by atoms with Gasteiger partial charge in [0.2, 0.25) is 0 Å². The van der Waals surface area contributed by atoms with Crippen molar-refractivity contribution in [3.05, 3.63) is 96.1 Å². The first-order valence-electron chi connectivity index (χ1n) is 8.12. The standard InChI is InChI=1S/C21H16N2O2/c24-18-11-13-21(14-12-18)22-19(17-9-5-2-6-10-17)20(25)23(21)15-16-7-3-1-4-8-16/h1-14H,15H2. The summed E-state index contributed by atoms with van der Waals surface area (Å²) in [4.78, 5) is 31.1. The van der Waals surface area contributed by atoms with Crippen molar-refractivity contribution >= 4 is 17.4 Å². The lowest BCUT2D eigenvalue weighted by molar-refractivity contribution is -0.126. The fraction of sp³-hybridized carbons (Fsp3) is 0.0952. The number of benzene rings is 2. The maximum absolute atomic E-state index is 13.1. The Hall–Kier alpha value is -3.27. The molecule has 4 rings (SSSR count). The van der Waals surface area contributed by atoms with Gasteiger partial charge in [-0.15, -0.1) is 0 Å². The van der Waals surface area contributed by atoms with Gasteiger partial charge in [0.15, 0.2) is 11.4 Å². The summed E-state index contributed by atoms with van der Waals surface area (Å²) in [6.07, 6.45) is 6.35. The number of nitrogens with zero attached hydrogens (tertiary/aromatic N) is 2. The lowest BCUT2D eigenvalue weighted by Gasteiger charge is -2.32. The molecule has 25 heavy (non-hydrogen) atoms. The third-order valence-electron chi connectivity index (χ3n) is 4.39. The topological polar surface area (TPSA) is 49.7 Å². The van der Waals surface area contributed by atoms with Crippen molar-refractivity contribution in [1.29, 1.82) is 0 Å². The van der Waals surface area contributed by atoms with Crippen molar-refractivity contribution in [2.24, 2.45) is 4.99 Å². The number of allylic oxidation sites excluding steroid dienone is 2. The van der Waals surface area contributed by atoms with Crippen LogP contribution in [0.3, 0.4) is 0 Å². The normalized spacial score (nSPS) is 18.1. The molecule has 0 atom stereocenters. The Labute approximate surface area is 145 Å². The Kier molecular flexibility index (Phi) is 3.65. The largest absolute Gasteiger partial charge is 0.301 e. The molecule has 1 aliphatic heterocycles. The maximum atomic E-state index is 13.1. The van der Waals surface area contributed by atoms with Gasteiger partial charge in [0, 0.05) is 12.1 Å². The molecule has 0 saturated carbocycles. The minimum absolute atomic E-state index is 0.0962. The van der Waals surface area contributed by atoms with Gasteiger partial charge < -0.3 is 4.90 Å². The Morgan fingerprint density at radius 3 is 2.08 bits per heavy atom. The molecule has 0 N–H and O–H groups in total. The van der Waals surface area contributed by atoms with Gasteiger partial charge in [0.05, 0.1) is 0 Å². The molecular formula is C21H16N2O2. The zero-order valence-corrected chi connectivity index (χ0v) is 13.5. The lowest BCUT2D eigenvalue weighted by atomic mass is 10.0. The Morgan fingerprint density at radius 2 is 1.44 bits per heavy atom. The first kappa shape index (κ1) is 15.3. The van der Waals surface area contributed by atoms with E-state index in [9.17, 15) is 9.59 Å². The van der Waals surface area contributed by atoms with Crippen molar-refractivity contribution in [1.82, 2.24) is 4.90 Å². The van der Waals surface area contributed by atoms with E-state index in [-0.39, 0.29) is 11.7 Å². The second-order valence-electron chi connectivity index (χ2n) is 6.06. The average Bonchev–Trinajstić information content (AvgIpc) is 2.92. The number of aliphatic imine (C=N–C) groups is 1.